The molecular weight excluding hydrogens is 860 g/mol. The largest absolute Gasteiger partial charge is 0.465 e. The number of thiophene rings is 2. The summed E-state index contributed by atoms with van der Waals surface area (Å²) in [6, 6.07) is 11.8. The molecule has 20 heteroatoms. The van der Waals surface area contributed by atoms with Crippen LogP contribution in [0.2, 0.25) is 0 Å². The minimum Gasteiger partial charge on any atom is -0.465 e. The molecule has 2 aromatic carbocycles. The van der Waals surface area contributed by atoms with Crippen LogP contribution in [0.4, 0.5) is 45.1 Å². The van der Waals surface area contributed by atoms with Gasteiger partial charge in [0.15, 0.2) is 0 Å². The molecule has 0 aliphatic rings. The van der Waals surface area contributed by atoms with Gasteiger partial charge < -0.3 is 20.1 Å². The normalized spacial score (nSPS) is 12.3. The number of nitrogens with one attached hydrogen (secondary N) is 2. The number of alkyl halides is 8. The van der Waals surface area contributed by atoms with Crippen LogP contribution in [0.1, 0.15) is 20.7 Å². The molecule has 0 aliphatic heterocycles. The zero-order valence-corrected chi connectivity index (χ0v) is 29.6. The van der Waals surface area contributed by atoms with Crippen molar-refractivity contribution >= 4 is 88.3 Å². The molecular formula is C30H18Br2F8N2O6S2. The summed E-state index contributed by atoms with van der Waals surface area (Å²) >= 11 is 7.03. The molecule has 2 heterocycles. The van der Waals surface area contributed by atoms with E-state index in [1.54, 1.807) is 0 Å². The van der Waals surface area contributed by atoms with Crippen LogP contribution in [0, 0.1) is 0 Å². The summed E-state index contributed by atoms with van der Waals surface area (Å²) in [7, 11) is 1.72. The highest BCUT2D eigenvalue weighted by Crippen LogP contribution is 2.54. The summed E-state index contributed by atoms with van der Waals surface area (Å²) in [6.45, 7) is 0. The van der Waals surface area contributed by atoms with Crippen molar-refractivity contribution in [2.75, 3.05) is 24.9 Å². The lowest BCUT2D eigenvalue weighted by Gasteiger charge is -2.35. The van der Waals surface area contributed by atoms with Gasteiger partial charge in [-0.2, -0.15) is 35.1 Å². The summed E-state index contributed by atoms with van der Waals surface area (Å²) in [5.41, 5.74) is -0.852. The second-order valence-corrected chi connectivity index (χ2v) is 13.5. The Morgan fingerprint density at radius 2 is 0.880 bits per heavy atom. The molecule has 0 aliphatic carbocycles. The molecule has 8 nitrogen and oxygen atoms in total. The molecule has 4 rings (SSSR count). The Kier molecular flexibility index (Phi) is 11.2. The molecule has 0 atom stereocenters. The van der Waals surface area contributed by atoms with Crippen LogP contribution < -0.4 is 10.6 Å². The molecule has 0 unspecified atom stereocenters. The molecule has 266 valence electrons. The number of halogens is 10. The Morgan fingerprint density at radius 3 is 1.16 bits per heavy atom. The van der Waals surface area contributed by atoms with Gasteiger partial charge in [-0.3, -0.25) is 9.59 Å². The van der Waals surface area contributed by atoms with E-state index in [0.717, 1.165) is 25.0 Å². The third kappa shape index (κ3) is 6.89. The topological polar surface area (TPSA) is 111 Å². The van der Waals surface area contributed by atoms with E-state index in [1.807, 2.05) is 0 Å². The minimum atomic E-state index is -7.23. The number of benzene rings is 2. The molecule has 0 spiro atoms. The number of carbonyl (C=O) groups is 4. The third-order valence-electron chi connectivity index (χ3n) is 6.88. The second kappa shape index (κ2) is 14.4. The maximum absolute atomic E-state index is 14.9. The first-order valence-electron chi connectivity index (χ1n) is 13.3. The van der Waals surface area contributed by atoms with Crippen molar-refractivity contribution in [2.45, 2.75) is 23.7 Å². The average molecular weight is 878 g/mol. The maximum atomic E-state index is 14.9. The standard InChI is InChI=1S/C30H18Br2F8N2O6S2/c1-47-23(43)19-17(13-3-7-15(31)8-4-13)11-49-21(19)41-25(45)27(33,34)29(37,38)30(39,40)28(35,36)26(46)42-22-20(24(44)48-2)18(12-50-22)14-5-9-16(32)10-6-14/h3-12H,1-2H3,(H,41,45)(H,42,46). The molecule has 2 amide bonds. The molecule has 0 saturated carbocycles. The number of anilines is 2. The number of esters is 2. The summed E-state index contributed by atoms with van der Waals surface area (Å²) in [6.07, 6.45) is 0. The van der Waals surface area contributed by atoms with Crippen LogP contribution in [0.3, 0.4) is 0 Å². The van der Waals surface area contributed by atoms with E-state index < -0.39 is 68.6 Å². The monoisotopic (exact) mass is 876 g/mol. The summed E-state index contributed by atoms with van der Waals surface area (Å²) in [5, 5.41) is 2.98. The van der Waals surface area contributed by atoms with Gasteiger partial charge in [-0.15, -0.1) is 22.7 Å². The summed E-state index contributed by atoms with van der Waals surface area (Å²) < 4.78 is 130. The molecule has 0 fully saturated rings. The summed E-state index contributed by atoms with van der Waals surface area (Å²) in [4.78, 5) is 49.9. The lowest BCUT2D eigenvalue weighted by atomic mass is 9.97. The maximum Gasteiger partial charge on any atom is 0.393 e. The molecule has 0 bridgehead atoms. The number of ether oxygens (including phenoxy) is 2. The number of hydrogen-bond donors (Lipinski definition) is 2. The van der Waals surface area contributed by atoms with Gasteiger partial charge in [-0.25, -0.2) is 9.59 Å². The Bertz CT molecular complexity index is 1810. The highest BCUT2D eigenvalue weighted by atomic mass is 79.9. The van der Waals surface area contributed by atoms with Gasteiger partial charge in [0, 0.05) is 30.8 Å². The van der Waals surface area contributed by atoms with Crippen molar-refractivity contribution < 1.29 is 63.8 Å². The first-order valence-corrected chi connectivity index (χ1v) is 16.6. The van der Waals surface area contributed by atoms with E-state index in [-0.39, 0.29) is 22.3 Å². The van der Waals surface area contributed by atoms with Crippen LogP contribution in [0.5, 0.6) is 0 Å². The van der Waals surface area contributed by atoms with Gasteiger partial charge in [-0.1, -0.05) is 56.1 Å². The van der Waals surface area contributed by atoms with Crippen molar-refractivity contribution in [1.82, 2.24) is 0 Å². The number of hydrogen-bond acceptors (Lipinski definition) is 8. The van der Waals surface area contributed by atoms with E-state index in [4.69, 9.17) is 0 Å². The van der Waals surface area contributed by atoms with E-state index >= 15 is 0 Å². The first kappa shape index (κ1) is 38.9. The van der Waals surface area contributed by atoms with E-state index in [2.05, 4.69) is 41.3 Å². The van der Waals surface area contributed by atoms with Gasteiger partial charge in [0.1, 0.15) is 21.1 Å². The van der Waals surface area contributed by atoms with Gasteiger partial charge in [0.25, 0.3) is 0 Å². The Labute approximate surface area is 301 Å². The molecule has 0 radical (unpaired) electrons. The van der Waals surface area contributed by atoms with Crippen molar-refractivity contribution in [1.29, 1.82) is 0 Å². The highest BCUT2D eigenvalue weighted by Gasteiger charge is 2.84. The minimum absolute atomic E-state index is 0.0450. The van der Waals surface area contributed by atoms with Crippen LogP contribution in [0.15, 0.2) is 68.2 Å². The molecule has 50 heavy (non-hydrogen) atoms. The Hall–Kier alpha value is -3.88. The smallest absolute Gasteiger partial charge is 0.393 e. The van der Waals surface area contributed by atoms with Gasteiger partial charge in [-0.05, 0) is 35.4 Å². The van der Waals surface area contributed by atoms with Gasteiger partial charge in [0.2, 0.25) is 0 Å². The fourth-order valence-electron chi connectivity index (χ4n) is 4.24. The molecule has 0 saturated heterocycles. The Balaban J connectivity index is 1.64. The van der Waals surface area contributed by atoms with Crippen molar-refractivity contribution in [3.63, 3.8) is 0 Å². The zero-order valence-electron chi connectivity index (χ0n) is 24.8. The average Bonchev–Trinajstić information content (AvgIpc) is 3.68. The SMILES string of the molecule is COC(=O)c1c(-c2ccc(Br)cc2)csc1NC(=O)C(F)(F)C(F)(F)C(F)(F)C(F)(F)C(=O)Nc1scc(-c2ccc(Br)cc2)c1C(=O)OC. The van der Waals surface area contributed by atoms with Crippen molar-refractivity contribution in [3.8, 4) is 22.3 Å². The van der Waals surface area contributed by atoms with Crippen molar-refractivity contribution in [2.24, 2.45) is 0 Å². The fourth-order valence-corrected chi connectivity index (χ4v) is 6.67. The lowest BCUT2D eigenvalue weighted by Crippen LogP contribution is -2.67. The zero-order chi connectivity index (χ0) is 37.4. The number of amides is 2. The molecule has 4 aromatic rings. The molecule has 2 aromatic heterocycles. The second-order valence-electron chi connectivity index (χ2n) is 9.91. The lowest BCUT2D eigenvalue weighted by molar-refractivity contribution is -0.345. The Morgan fingerprint density at radius 1 is 0.580 bits per heavy atom. The van der Waals surface area contributed by atoms with E-state index in [1.165, 1.54) is 59.2 Å². The number of methoxy groups -OCH3 is 2. The molecule has 2 N–H and O–H groups in total. The first-order chi connectivity index (χ1) is 23.2. The third-order valence-corrected chi connectivity index (χ3v) is 9.73. The summed E-state index contributed by atoms with van der Waals surface area (Å²) in [5.74, 6) is -36.6. The highest BCUT2D eigenvalue weighted by molar-refractivity contribution is 9.10. The number of rotatable bonds is 11. The van der Waals surface area contributed by atoms with E-state index in [9.17, 15) is 54.3 Å². The predicted molar refractivity (Wildman–Crippen MR) is 175 cm³/mol. The quantitative estimate of drug-likeness (QED) is 0.115. The van der Waals surface area contributed by atoms with Crippen LogP contribution >= 0.6 is 54.5 Å². The van der Waals surface area contributed by atoms with Crippen LogP contribution in [-0.2, 0) is 19.1 Å². The predicted octanol–water partition coefficient (Wildman–Crippen LogP) is 9.36. The van der Waals surface area contributed by atoms with Crippen LogP contribution in [0.25, 0.3) is 22.3 Å². The van der Waals surface area contributed by atoms with Gasteiger partial charge >= 0.3 is 47.4 Å². The van der Waals surface area contributed by atoms with E-state index in [0.29, 0.717) is 31.6 Å². The number of carbonyl (C=O) groups excluding carboxylic acids is 4. The van der Waals surface area contributed by atoms with Crippen LogP contribution in [-0.4, -0.2) is 61.7 Å². The van der Waals surface area contributed by atoms with Gasteiger partial charge in [0.05, 0.1) is 14.2 Å². The van der Waals surface area contributed by atoms with Crippen molar-refractivity contribution in [3.05, 3.63) is 79.4 Å². The fraction of sp³-hybridized carbons (Fsp3) is 0.200.